The molecule has 0 amide bonds. The molecule has 0 N–H and O–H groups in total. The van der Waals surface area contributed by atoms with Crippen molar-refractivity contribution in [2.45, 2.75) is 68.2 Å². The van der Waals surface area contributed by atoms with Gasteiger partial charge in [0, 0.05) is 33.4 Å². The van der Waals surface area contributed by atoms with Crippen LogP contribution in [-0.4, -0.2) is 38.1 Å². The minimum Gasteiger partial charge on any atom is -0.490 e. The van der Waals surface area contributed by atoms with Crippen LogP contribution >= 0.6 is 23.4 Å². The van der Waals surface area contributed by atoms with Crippen LogP contribution in [0.3, 0.4) is 0 Å². The zero-order valence-electron chi connectivity index (χ0n) is 22.1. The smallest absolute Gasteiger partial charge is 0.264 e. The number of para-hydroxylation sites is 1. The first kappa shape index (κ1) is 28.4. The quantitative estimate of drug-likeness (QED) is 0.104. The molecule has 0 spiro atoms. The van der Waals surface area contributed by atoms with Crippen molar-refractivity contribution in [2.24, 2.45) is 0 Å². The van der Waals surface area contributed by atoms with Gasteiger partial charge in [-0.2, -0.15) is 8.42 Å². The Bertz CT molecular complexity index is 1390. The summed E-state index contributed by atoms with van der Waals surface area (Å²) in [5.41, 5.74) is 3.87. The number of unbranched alkanes of at least 4 members (excludes halogenated alkanes) is 2. The Hall–Kier alpha value is -2.10. The van der Waals surface area contributed by atoms with Crippen molar-refractivity contribution in [1.29, 1.82) is 0 Å². The lowest BCUT2D eigenvalue weighted by molar-refractivity contribution is 0.0173. The van der Waals surface area contributed by atoms with Gasteiger partial charge in [0.25, 0.3) is 10.1 Å². The Kier molecular flexibility index (Phi) is 9.19. The molecule has 6 nitrogen and oxygen atoms in total. The Balaban J connectivity index is 1.21. The van der Waals surface area contributed by atoms with Crippen LogP contribution in [0.25, 0.3) is 11.1 Å². The van der Waals surface area contributed by atoms with E-state index in [-0.39, 0.29) is 12.2 Å². The molecule has 9 heteroatoms. The minimum absolute atomic E-state index is 0.242. The summed E-state index contributed by atoms with van der Waals surface area (Å²) in [4.78, 5) is 5.59. The molecule has 3 aromatic rings. The van der Waals surface area contributed by atoms with E-state index in [0.29, 0.717) is 17.7 Å². The van der Waals surface area contributed by atoms with Crippen LogP contribution in [-0.2, 0) is 31.2 Å². The molecular weight excluding hydrogens is 554 g/mol. The summed E-state index contributed by atoms with van der Waals surface area (Å²) >= 11 is 8.33. The van der Waals surface area contributed by atoms with Crippen LogP contribution in [0, 0.1) is 0 Å². The Morgan fingerprint density at radius 1 is 1.05 bits per heavy atom. The summed E-state index contributed by atoms with van der Waals surface area (Å²) in [7, 11) is -3.36. The molecule has 2 saturated carbocycles. The standard InChI is InChI=1S/C30H34ClNO5S2/c1-39(33,34)36-17-5-2-6-18-38-24-11-12-28(31)22(19-24)21-35-30(14-15-30)27-20-32-16-13-25(27)26-7-3-4-8-29(26)37-23-9-10-23/h3-4,7-8,11-13,16,19-20,23H,2,5-6,9-10,14-15,17-18,21H2,1H3. The molecule has 2 fully saturated rings. The van der Waals surface area contributed by atoms with Gasteiger partial charge >= 0.3 is 0 Å². The normalized spacial score (nSPS) is 16.3. The number of halogens is 1. The van der Waals surface area contributed by atoms with Crippen LogP contribution in [0.5, 0.6) is 5.75 Å². The Morgan fingerprint density at radius 2 is 1.87 bits per heavy atom. The monoisotopic (exact) mass is 587 g/mol. The molecule has 1 heterocycles. The highest BCUT2D eigenvalue weighted by Crippen LogP contribution is 2.53. The molecule has 208 valence electrons. The van der Waals surface area contributed by atoms with E-state index >= 15 is 0 Å². The second kappa shape index (κ2) is 12.6. The molecule has 2 aliphatic rings. The third-order valence-corrected chi connectivity index (χ3v) is 8.93. The van der Waals surface area contributed by atoms with Crippen LogP contribution in [0.15, 0.2) is 65.8 Å². The fourth-order valence-corrected chi connectivity index (χ4v) is 6.07. The third-order valence-electron chi connectivity index (χ3n) is 6.89. The van der Waals surface area contributed by atoms with Crippen LogP contribution in [0.4, 0.5) is 0 Å². The van der Waals surface area contributed by atoms with Gasteiger partial charge in [-0.25, -0.2) is 0 Å². The third kappa shape index (κ3) is 7.98. The van der Waals surface area contributed by atoms with Crippen molar-refractivity contribution >= 4 is 33.5 Å². The molecule has 0 unspecified atom stereocenters. The van der Waals surface area contributed by atoms with Crippen molar-refractivity contribution in [3.8, 4) is 16.9 Å². The predicted molar refractivity (Wildman–Crippen MR) is 156 cm³/mol. The van der Waals surface area contributed by atoms with E-state index in [9.17, 15) is 8.42 Å². The van der Waals surface area contributed by atoms with Gasteiger partial charge in [-0.05, 0) is 85.7 Å². The van der Waals surface area contributed by atoms with Crippen molar-refractivity contribution in [3.05, 3.63) is 77.1 Å². The summed E-state index contributed by atoms with van der Waals surface area (Å²) in [6.07, 6.45) is 11.9. The fourth-order valence-electron chi connectivity index (χ4n) is 4.50. The molecular formula is C30H34ClNO5S2. The average molecular weight is 588 g/mol. The Morgan fingerprint density at radius 3 is 2.64 bits per heavy atom. The average Bonchev–Trinajstić information content (AvgIpc) is 3.85. The van der Waals surface area contributed by atoms with E-state index in [2.05, 4.69) is 23.2 Å². The molecule has 0 atom stereocenters. The second-order valence-corrected chi connectivity index (χ2v) is 13.4. The molecule has 0 saturated heterocycles. The first-order chi connectivity index (χ1) is 18.8. The highest BCUT2D eigenvalue weighted by atomic mass is 35.5. The highest BCUT2D eigenvalue weighted by molar-refractivity contribution is 7.99. The van der Waals surface area contributed by atoms with Gasteiger partial charge in [-0.1, -0.05) is 36.2 Å². The molecule has 5 rings (SSSR count). The molecule has 0 radical (unpaired) electrons. The molecule has 2 aliphatic carbocycles. The number of benzene rings is 2. The molecule has 39 heavy (non-hydrogen) atoms. The van der Waals surface area contributed by atoms with Gasteiger partial charge in [0.1, 0.15) is 5.75 Å². The maximum Gasteiger partial charge on any atom is 0.264 e. The van der Waals surface area contributed by atoms with Crippen LogP contribution in [0.2, 0.25) is 5.02 Å². The van der Waals surface area contributed by atoms with Crippen molar-refractivity contribution in [2.75, 3.05) is 18.6 Å². The topological polar surface area (TPSA) is 74.7 Å². The number of ether oxygens (including phenoxy) is 2. The lowest BCUT2D eigenvalue weighted by Gasteiger charge is -2.22. The van der Waals surface area contributed by atoms with E-state index in [0.717, 1.165) is 89.9 Å². The first-order valence-electron chi connectivity index (χ1n) is 13.4. The number of nitrogens with zero attached hydrogens (tertiary/aromatic N) is 1. The van der Waals surface area contributed by atoms with Gasteiger partial charge < -0.3 is 9.47 Å². The molecule has 0 bridgehead atoms. The SMILES string of the molecule is CS(=O)(=O)OCCCCCSc1ccc(Cl)c(COC2(c3cnccc3-c3ccccc3OC3CC3)CC2)c1. The minimum atomic E-state index is -3.36. The molecule has 1 aromatic heterocycles. The van der Waals surface area contributed by atoms with Gasteiger partial charge in [-0.15, -0.1) is 11.8 Å². The van der Waals surface area contributed by atoms with E-state index < -0.39 is 10.1 Å². The summed E-state index contributed by atoms with van der Waals surface area (Å²) < 4.78 is 39.7. The number of rotatable bonds is 15. The molecule has 2 aromatic carbocycles. The van der Waals surface area contributed by atoms with Gasteiger partial charge in [-0.3, -0.25) is 9.17 Å². The summed E-state index contributed by atoms with van der Waals surface area (Å²) in [6.45, 7) is 0.663. The van der Waals surface area contributed by atoms with Gasteiger partial charge in [0.15, 0.2) is 0 Å². The maximum absolute atomic E-state index is 11.0. The first-order valence-corrected chi connectivity index (χ1v) is 16.6. The number of pyridine rings is 1. The van der Waals surface area contributed by atoms with Crippen LogP contribution in [0.1, 0.15) is 56.1 Å². The fraction of sp³-hybridized carbons (Fsp3) is 0.433. The lowest BCUT2D eigenvalue weighted by atomic mass is 9.96. The summed E-state index contributed by atoms with van der Waals surface area (Å²) in [5.74, 6) is 1.85. The summed E-state index contributed by atoms with van der Waals surface area (Å²) in [5, 5.41) is 0.697. The Labute approximate surface area is 240 Å². The van der Waals surface area contributed by atoms with E-state index in [1.807, 2.05) is 42.7 Å². The number of aromatic nitrogens is 1. The summed E-state index contributed by atoms with van der Waals surface area (Å²) in [6, 6.07) is 16.4. The van der Waals surface area contributed by atoms with E-state index in [1.165, 1.54) is 0 Å². The second-order valence-electron chi connectivity index (χ2n) is 10.2. The zero-order chi connectivity index (χ0) is 27.3. The van der Waals surface area contributed by atoms with Crippen molar-refractivity contribution in [3.63, 3.8) is 0 Å². The number of hydrogen-bond acceptors (Lipinski definition) is 7. The van der Waals surface area contributed by atoms with Crippen molar-refractivity contribution in [1.82, 2.24) is 4.98 Å². The maximum atomic E-state index is 11.0. The largest absolute Gasteiger partial charge is 0.490 e. The lowest BCUT2D eigenvalue weighted by Crippen LogP contribution is -2.14. The van der Waals surface area contributed by atoms with Crippen molar-refractivity contribution < 1.29 is 22.1 Å². The predicted octanol–water partition coefficient (Wildman–Crippen LogP) is 7.39. The number of hydrogen-bond donors (Lipinski definition) is 0. The van der Waals surface area contributed by atoms with E-state index in [1.54, 1.807) is 11.8 Å². The molecule has 0 aliphatic heterocycles. The van der Waals surface area contributed by atoms with Crippen LogP contribution < -0.4 is 4.74 Å². The van der Waals surface area contributed by atoms with E-state index in [4.69, 9.17) is 25.3 Å². The van der Waals surface area contributed by atoms with Gasteiger partial charge in [0.2, 0.25) is 0 Å². The van der Waals surface area contributed by atoms with Gasteiger partial charge in [0.05, 0.1) is 31.2 Å². The highest BCUT2D eigenvalue weighted by Gasteiger charge is 2.47. The number of thioether (sulfide) groups is 1. The zero-order valence-corrected chi connectivity index (χ0v) is 24.5.